The van der Waals surface area contributed by atoms with Gasteiger partial charge in [-0.3, -0.25) is 4.18 Å². The quantitative estimate of drug-likeness (QED) is 0.0272. The van der Waals surface area contributed by atoms with E-state index in [4.69, 9.17) is 0 Å². The zero-order valence-electron chi connectivity index (χ0n) is 26.6. The van der Waals surface area contributed by atoms with E-state index in [1.807, 2.05) is 0 Å². The van der Waals surface area contributed by atoms with Gasteiger partial charge in [-0.1, -0.05) is 180 Å². The molecule has 1 atom stereocenters. The Kier molecular flexibility index (Phi) is 35.4. The third-order valence-electron chi connectivity index (χ3n) is 7.74. The van der Waals surface area contributed by atoms with Crippen LogP contribution < -0.4 is 29.6 Å². The van der Waals surface area contributed by atoms with Crippen LogP contribution in [-0.2, 0) is 14.6 Å². The van der Waals surface area contributed by atoms with Crippen LogP contribution in [0.4, 0.5) is 0 Å². The van der Waals surface area contributed by atoms with Crippen LogP contribution in [0, 0.1) is 5.92 Å². The molecular formula is C33H65NaO4S. The van der Waals surface area contributed by atoms with E-state index in [0.29, 0.717) is 0 Å². The molecule has 0 saturated carbocycles. The van der Waals surface area contributed by atoms with Gasteiger partial charge in [0.1, 0.15) is 0 Å². The Morgan fingerprint density at radius 1 is 0.564 bits per heavy atom. The van der Waals surface area contributed by atoms with E-state index in [9.17, 15) is 13.0 Å². The van der Waals surface area contributed by atoms with E-state index in [1.54, 1.807) is 0 Å². The van der Waals surface area contributed by atoms with Crippen molar-refractivity contribution in [1.29, 1.82) is 0 Å². The van der Waals surface area contributed by atoms with Gasteiger partial charge in [-0.15, -0.1) is 0 Å². The normalized spacial score (nSPS) is 12.7. The van der Waals surface area contributed by atoms with E-state index < -0.39 is 10.4 Å². The first kappa shape index (κ1) is 41.7. The largest absolute Gasteiger partial charge is 1.00 e. The summed E-state index contributed by atoms with van der Waals surface area (Å²) < 4.78 is 37.2. The zero-order valence-corrected chi connectivity index (χ0v) is 29.4. The molecule has 6 heteroatoms. The Morgan fingerprint density at radius 3 is 1.26 bits per heavy atom. The number of hydrogen-bond acceptors (Lipinski definition) is 4. The van der Waals surface area contributed by atoms with Gasteiger partial charge >= 0.3 is 29.6 Å². The smallest absolute Gasteiger partial charge is 0.726 e. The molecule has 0 aromatic carbocycles. The molecule has 0 aliphatic heterocycles. The number of unbranched alkanes of at least 4 members (excludes halogenated alkanes) is 24. The summed E-state index contributed by atoms with van der Waals surface area (Å²) in [5, 5.41) is 0. The summed E-state index contributed by atoms with van der Waals surface area (Å²) in [6, 6.07) is 0. The Labute approximate surface area is 267 Å². The molecule has 0 bridgehead atoms. The van der Waals surface area contributed by atoms with Crippen molar-refractivity contribution < 1.29 is 46.7 Å². The maximum Gasteiger partial charge on any atom is 1.00 e. The minimum atomic E-state index is -4.61. The molecule has 0 aliphatic carbocycles. The fraction of sp³-hybridized carbons (Fsp3) is 0.939. The maximum atomic E-state index is 10.9. The van der Waals surface area contributed by atoms with Gasteiger partial charge < -0.3 is 4.55 Å². The molecule has 0 rings (SSSR count). The average molecular weight is 581 g/mol. The van der Waals surface area contributed by atoms with Crippen molar-refractivity contribution in [2.45, 2.75) is 187 Å². The fourth-order valence-electron chi connectivity index (χ4n) is 5.22. The fourth-order valence-corrected chi connectivity index (χ4v) is 5.56. The van der Waals surface area contributed by atoms with Gasteiger partial charge in [-0.05, 0) is 19.3 Å². The topological polar surface area (TPSA) is 66.4 Å². The van der Waals surface area contributed by atoms with Crippen LogP contribution in [0.3, 0.4) is 0 Å². The molecule has 228 valence electrons. The minimum Gasteiger partial charge on any atom is -0.726 e. The van der Waals surface area contributed by atoms with Crippen molar-refractivity contribution in [3.8, 4) is 0 Å². The van der Waals surface area contributed by atoms with Crippen LogP contribution in [-0.4, -0.2) is 19.6 Å². The second-order valence-electron chi connectivity index (χ2n) is 11.6. The predicted octanol–water partition coefficient (Wildman–Crippen LogP) is 8.21. The van der Waals surface area contributed by atoms with Crippen molar-refractivity contribution in [2.75, 3.05) is 6.61 Å². The molecule has 0 aliphatic rings. The van der Waals surface area contributed by atoms with Crippen molar-refractivity contribution in [2.24, 2.45) is 5.92 Å². The third-order valence-corrected chi connectivity index (χ3v) is 8.16. The van der Waals surface area contributed by atoms with Gasteiger partial charge in [0.2, 0.25) is 10.4 Å². The first-order chi connectivity index (χ1) is 18.5. The first-order valence-corrected chi connectivity index (χ1v) is 18.1. The number of rotatable bonds is 31. The molecule has 0 radical (unpaired) electrons. The van der Waals surface area contributed by atoms with Crippen molar-refractivity contribution in [3.63, 3.8) is 0 Å². The van der Waals surface area contributed by atoms with Gasteiger partial charge in [-0.25, -0.2) is 8.42 Å². The molecule has 0 aromatic rings. The summed E-state index contributed by atoms with van der Waals surface area (Å²) in [5.41, 5.74) is 0. The summed E-state index contributed by atoms with van der Waals surface area (Å²) >= 11 is 0. The van der Waals surface area contributed by atoms with E-state index in [1.165, 1.54) is 154 Å². The molecule has 1 unspecified atom stereocenters. The average Bonchev–Trinajstić information content (AvgIpc) is 2.89. The van der Waals surface area contributed by atoms with Crippen LogP contribution in [0.5, 0.6) is 0 Å². The second-order valence-corrected chi connectivity index (χ2v) is 12.6. The summed E-state index contributed by atoms with van der Waals surface area (Å²) in [6.07, 6.45) is 39.6. The first-order valence-electron chi connectivity index (χ1n) is 16.8. The molecule has 0 fully saturated rings. The SMILES string of the molecule is CCCCCCCCCCCCCCCCCCC/C=C/C(CCCCCCCCCC)COS(=O)(=O)[O-].[Na+]. The molecule has 0 spiro atoms. The van der Waals surface area contributed by atoms with E-state index in [0.717, 1.165) is 19.3 Å². The molecule has 0 amide bonds. The van der Waals surface area contributed by atoms with E-state index in [2.05, 4.69) is 30.2 Å². The van der Waals surface area contributed by atoms with Crippen molar-refractivity contribution in [1.82, 2.24) is 0 Å². The summed E-state index contributed by atoms with van der Waals surface area (Å²) in [4.78, 5) is 0. The van der Waals surface area contributed by atoms with E-state index >= 15 is 0 Å². The summed E-state index contributed by atoms with van der Waals surface area (Å²) in [7, 11) is -4.61. The summed E-state index contributed by atoms with van der Waals surface area (Å²) in [6.45, 7) is 4.50. The Hall–Kier alpha value is 0.610. The van der Waals surface area contributed by atoms with Gasteiger partial charge in [0.05, 0.1) is 6.61 Å². The Balaban J connectivity index is 0. The minimum absolute atomic E-state index is 0. The third kappa shape index (κ3) is 36.6. The van der Waals surface area contributed by atoms with Crippen LogP contribution in [0.15, 0.2) is 12.2 Å². The van der Waals surface area contributed by atoms with Gasteiger partial charge in [0.15, 0.2) is 0 Å². The summed E-state index contributed by atoms with van der Waals surface area (Å²) in [5.74, 6) is 0.0182. The monoisotopic (exact) mass is 580 g/mol. The van der Waals surface area contributed by atoms with Crippen LogP contribution in [0.25, 0.3) is 0 Å². The van der Waals surface area contributed by atoms with Crippen LogP contribution >= 0.6 is 0 Å². The van der Waals surface area contributed by atoms with Gasteiger partial charge in [-0.2, -0.15) is 0 Å². The van der Waals surface area contributed by atoms with Gasteiger partial charge in [0.25, 0.3) is 0 Å². The number of allylic oxidation sites excluding steroid dienone is 1. The molecule has 0 aromatic heterocycles. The molecule has 0 N–H and O–H groups in total. The van der Waals surface area contributed by atoms with E-state index in [-0.39, 0.29) is 42.1 Å². The van der Waals surface area contributed by atoms with Crippen LogP contribution in [0.2, 0.25) is 0 Å². The number of hydrogen-bond donors (Lipinski definition) is 0. The van der Waals surface area contributed by atoms with Crippen molar-refractivity contribution in [3.05, 3.63) is 12.2 Å². The molecule has 0 heterocycles. The molecular weight excluding hydrogens is 515 g/mol. The zero-order chi connectivity index (χ0) is 28.0. The Morgan fingerprint density at radius 2 is 0.897 bits per heavy atom. The molecule has 39 heavy (non-hydrogen) atoms. The van der Waals surface area contributed by atoms with Gasteiger partial charge in [0, 0.05) is 5.92 Å². The van der Waals surface area contributed by atoms with Crippen LogP contribution in [0.1, 0.15) is 187 Å². The molecule has 0 saturated heterocycles. The van der Waals surface area contributed by atoms with Crippen molar-refractivity contribution >= 4 is 10.4 Å². The predicted molar refractivity (Wildman–Crippen MR) is 164 cm³/mol. The molecule has 4 nitrogen and oxygen atoms in total. The maximum absolute atomic E-state index is 10.9. The standard InChI is InChI=1S/C33H66O4S.Na/c1-3-5-7-9-11-13-14-15-16-17-18-19-20-21-22-23-25-27-29-31-33(32-37-38(34,35)36)30-28-26-24-12-10-8-6-4-2;/h29,31,33H,3-28,30,32H2,1-2H3,(H,34,35,36);/q;+1/p-1/b31-29+;. The Bertz CT molecular complexity index is 595. The second kappa shape index (κ2) is 33.1.